The summed E-state index contributed by atoms with van der Waals surface area (Å²) in [5, 5.41) is 3.80. The van der Waals surface area contributed by atoms with Gasteiger partial charge in [0.2, 0.25) is 0 Å². The summed E-state index contributed by atoms with van der Waals surface area (Å²) < 4.78 is 0. The molecule has 0 bridgehead atoms. The van der Waals surface area contributed by atoms with Crippen LogP contribution in [0.25, 0.3) is 0 Å². The first-order valence-electron chi connectivity index (χ1n) is 7.21. The second-order valence-electron chi connectivity index (χ2n) is 6.84. The molecule has 1 aromatic rings. The molecule has 1 saturated carbocycles. The summed E-state index contributed by atoms with van der Waals surface area (Å²) in [5.74, 6) is 0. The van der Waals surface area contributed by atoms with Gasteiger partial charge in [0.05, 0.1) is 0 Å². The van der Waals surface area contributed by atoms with Crippen molar-refractivity contribution in [3.8, 4) is 0 Å². The molecule has 1 fully saturated rings. The van der Waals surface area contributed by atoms with E-state index >= 15 is 0 Å². The third-order valence-electron chi connectivity index (χ3n) is 4.49. The van der Waals surface area contributed by atoms with Gasteiger partial charge in [0, 0.05) is 12.1 Å². The van der Waals surface area contributed by atoms with Crippen molar-refractivity contribution in [2.75, 3.05) is 0 Å². The van der Waals surface area contributed by atoms with E-state index in [0.717, 1.165) is 0 Å². The Hall–Kier alpha value is -0.820. The zero-order valence-corrected chi connectivity index (χ0v) is 12.5. The van der Waals surface area contributed by atoms with E-state index in [4.69, 9.17) is 0 Å². The fourth-order valence-corrected chi connectivity index (χ4v) is 3.06. The zero-order chi connectivity index (χ0) is 13.3. The molecule has 1 heteroatoms. The molecule has 2 atom stereocenters. The van der Waals surface area contributed by atoms with E-state index in [1.807, 2.05) is 0 Å². The van der Waals surface area contributed by atoms with E-state index in [1.165, 1.54) is 36.0 Å². The maximum atomic E-state index is 3.80. The molecule has 0 heterocycles. The van der Waals surface area contributed by atoms with Crippen LogP contribution in [0.2, 0.25) is 0 Å². The maximum absolute atomic E-state index is 3.80. The second-order valence-corrected chi connectivity index (χ2v) is 6.84. The topological polar surface area (TPSA) is 12.0 Å². The Morgan fingerprint density at radius 2 is 1.94 bits per heavy atom. The average molecular weight is 245 g/mol. The van der Waals surface area contributed by atoms with Crippen LogP contribution in [-0.2, 0) is 0 Å². The molecule has 2 unspecified atom stereocenters. The molecule has 1 aromatic carbocycles. The van der Waals surface area contributed by atoms with E-state index in [9.17, 15) is 0 Å². The largest absolute Gasteiger partial charge is 0.307 e. The van der Waals surface area contributed by atoms with Gasteiger partial charge >= 0.3 is 0 Å². The third kappa shape index (κ3) is 3.14. The number of hydrogen-bond acceptors (Lipinski definition) is 1. The van der Waals surface area contributed by atoms with Crippen LogP contribution in [0.5, 0.6) is 0 Å². The minimum Gasteiger partial charge on any atom is -0.307 e. The van der Waals surface area contributed by atoms with Gasteiger partial charge < -0.3 is 5.32 Å². The fourth-order valence-electron chi connectivity index (χ4n) is 3.06. The highest BCUT2D eigenvalue weighted by Crippen LogP contribution is 2.37. The average Bonchev–Trinajstić information content (AvgIpc) is 2.62. The van der Waals surface area contributed by atoms with Gasteiger partial charge in [-0.1, -0.05) is 32.0 Å². The molecule has 0 aliphatic heterocycles. The predicted molar refractivity (Wildman–Crippen MR) is 78.9 cm³/mol. The molecule has 0 aromatic heterocycles. The first-order valence-corrected chi connectivity index (χ1v) is 7.21. The third-order valence-corrected chi connectivity index (χ3v) is 4.49. The highest BCUT2D eigenvalue weighted by atomic mass is 15.0. The van der Waals surface area contributed by atoms with Crippen molar-refractivity contribution in [2.24, 2.45) is 5.41 Å². The van der Waals surface area contributed by atoms with Crippen LogP contribution in [-0.4, -0.2) is 6.04 Å². The van der Waals surface area contributed by atoms with Gasteiger partial charge in [-0.25, -0.2) is 0 Å². The summed E-state index contributed by atoms with van der Waals surface area (Å²) in [5.41, 5.74) is 4.73. The highest BCUT2D eigenvalue weighted by molar-refractivity contribution is 5.31. The molecule has 1 aliphatic rings. The number of benzene rings is 1. The molecule has 1 nitrogen and oxygen atoms in total. The second kappa shape index (κ2) is 5.05. The first kappa shape index (κ1) is 13.6. The molecular weight excluding hydrogens is 218 g/mol. The highest BCUT2D eigenvalue weighted by Gasteiger charge is 2.31. The number of hydrogen-bond donors (Lipinski definition) is 1. The van der Waals surface area contributed by atoms with Crippen molar-refractivity contribution in [1.82, 2.24) is 5.32 Å². The normalized spacial score (nSPS) is 24.2. The maximum Gasteiger partial charge on any atom is 0.0294 e. The SMILES string of the molecule is Cc1ccc(C(C)NC2CCC(C)(C)C2)cc1C. The van der Waals surface area contributed by atoms with Crippen LogP contribution in [0.3, 0.4) is 0 Å². The van der Waals surface area contributed by atoms with Crippen molar-refractivity contribution in [2.45, 2.75) is 66.0 Å². The molecule has 2 rings (SSSR count). The van der Waals surface area contributed by atoms with E-state index in [-0.39, 0.29) is 0 Å². The van der Waals surface area contributed by atoms with Crippen LogP contribution >= 0.6 is 0 Å². The van der Waals surface area contributed by atoms with Gasteiger partial charge in [0.15, 0.2) is 0 Å². The van der Waals surface area contributed by atoms with E-state index < -0.39 is 0 Å². The standard InChI is InChI=1S/C17H27N/c1-12-6-7-15(10-13(12)2)14(3)18-16-8-9-17(4,5)11-16/h6-7,10,14,16,18H,8-9,11H2,1-5H3. The lowest BCUT2D eigenvalue weighted by Crippen LogP contribution is -2.30. The number of nitrogens with one attached hydrogen (secondary N) is 1. The summed E-state index contributed by atoms with van der Waals surface area (Å²) in [7, 11) is 0. The molecule has 1 N–H and O–H groups in total. The minimum absolute atomic E-state index is 0.461. The summed E-state index contributed by atoms with van der Waals surface area (Å²) in [6.45, 7) is 11.4. The molecule has 1 aliphatic carbocycles. The minimum atomic E-state index is 0.461. The van der Waals surface area contributed by atoms with Crippen molar-refractivity contribution in [3.63, 3.8) is 0 Å². The van der Waals surface area contributed by atoms with Crippen LogP contribution in [0, 0.1) is 19.3 Å². The summed E-state index contributed by atoms with van der Waals surface area (Å²) in [6.07, 6.45) is 3.98. The van der Waals surface area contributed by atoms with E-state index in [0.29, 0.717) is 17.5 Å². The van der Waals surface area contributed by atoms with Gasteiger partial charge in [0.1, 0.15) is 0 Å². The monoisotopic (exact) mass is 245 g/mol. The Morgan fingerprint density at radius 3 is 2.50 bits per heavy atom. The van der Waals surface area contributed by atoms with Crippen molar-refractivity contribution < 1.29 is 0 Å². The Labute approximate surface area is 112 Å². The molecular formula is C17H27N. The van der Waals surface area contributed by atoms with Crippen LogP contribution in [0.4, 0.5) is 0 Å². The lowest BCUT2D eigenvalue weighted by molar-refractivity contribution is 0.356. The van der Waals surface area contributed by atoms with Gasteiger partial charge in [-0.3, -0.25) is 0 Å². The molecule has 0 saturated heterocycles. The first-order chi connectivity index (χ1) is 8.37. The lowest BCUT2D eigenvalue weighted by Gasteiger charge is -2.22. The molecule has 0 radical (unpaired) electrons. The van der Waals surface area contributed by atoms with Crippen molar-refractivity contribution in [1.29, 1.82) is 0 Å². The Morgan fingerprint density at radius 1 is 1.22 bits per heavy atom. The zero-order valence-electron chi connectivity index (χ0n) is 12.5. The van der Waals surface area contributed by atoms with Crippen molar-refractivity contribution >= 4 is 0 Å². The van der Waals surface area contributed by atoms with E-state index in [1.54, 1.807) is 0 Å². The number of rotatable bonds is 3. The molecule has 0 spiro atoms. The summed E-state index contributed by atoms with van der Waals surface area (Å²) in [4.78, 5) is 0. The molecule has 18 heavy (non-hydrogen) atoms. The van der Waals surface area contributed by atoms with Crippen LogP contribution in [0.1, 0.15) is 62.8 Å². The molecule has 0 amide bonds. The Kier molecular flexibility index (Phi) is 3.82. The lowest BCUT2D eigenvalue weighted by atomic mass is 9.91. The van der Waals surface area contributed by atoms with Crippen LogP contribution in [0.15, 0.2) is 18.2 Å². The van der Waals surface area contributed by atoms with Gasteiger partial charge in [-0.2, -0.15) is 0 Å². The fraction of sp³-hybridized carbons (Fsp3) is 0.647. The van der Waals surface area contributed by atoms with Gasteiger partial charge in [-0.15, -0.1) is 0 Å². The van der Waals surface area contributed by atoms with Crippen LogP contribution < -0.4 is 5.32 Å². The van der Waals surface area contributed by atoms with Gasteiger partial charge in [-0.05, 0) is 62.1 Å². The van der Waals surface area contributed by atoms with Crippen molar-refractivity contribution in [3.05, 3.63) is 34.9 Å². The predicted octanol–water partition coefficient (Wildman–Crippen LogP) is 4.53. The summed E-state index contributed by atoms with van der Waals surface area (Å²) in [6, 6.07) is 7.98. The van der Waals surface area contributed by atoms with E-state index in [2.05, 4.69) is 58.1 Å². The summed E-state index contributed by atoms with van der Waals surface area (Å²) >= 11 is 0. The van der Waals surface area contributed by atoms with Gasteiger partial charge in [0.25, 0.3) is 0 Å². The quantitative estimate of drug-likeness (QED) is 0.825. The molecule has 100 valence electrons. The Balaban J connectivity index is 1.99. The Bertz CT molecular complexity index is 420. The number of aryl methyl sites for hydroxylation is 2. The smallest absolute Gasteiger partial charge is 0.0294 e.